The number of H-pyrrole nitrogens is 1. The van der Waals surface area contributed by atoms with Crippen molar-refractivity contribution < 1.29 is 14.0 Å². The predicted octanol–water partition coefficient (Wildman–Crippen LogP) is 3.25. The number of amides is 2. The third-order valence-electron chi connectivity index (χ3n) is 5.46. The zero-order valence-corrected chi connectivity index (χ0v) is 15.8. The molecule has 1 aliphatic carbocycles. The lowest BCUT2D eigenvalue weighted by Gasteiger charge is -2.29. The fourth-order valence-electron chi connectivity index (χ4n) is 3.91. The minimum atomic E-state index is -0.542. The number of aromatic amines is 1. The van der Waals surface area contributed by atoms with Crippen molar-refractivity contribution in [3.63, 3.8) is 0 Å². The van der Waals surface area contributed by atoms with Crippen molar-refractivity contribution in [1.29, 1.82) is 0 Å². The quantitative estimate of drug-likeness (QED) is 0.632. The molecule has 3 heterocycles. The molecule has 3 aromatic heterocycles. The lowest BCUT2D eigenvalue weighted by molar-refractivity contribution is -0.124. The summed E-state index contributed by atoms with van der Waals surface area (Å²) in [6.45, 7) is 0. The van der Waals surface area contributed by atoms with Crippen molar-refractivity contribution >= 4 is 22.7 Å². The molecule has 0 saturated heterocycles. The van der Waals surface area contributed by atoms with Crippen molar-refractivity contribution in [1.82, 2.24) is 20.6 Å². The number of carbonyl (C=O) groups excluding carboxylic acids is 2. The van der Waals surface area contributed by atoms with Gasteiger partial charge in [0.1, 0.15) is 11.7 Å². The highest BCUT2D eigenvalue weighted by Gasteiger charge is 2.31. The van der Waals surface area contributed by atoms with Gasteiger partial charge in [-0.25, -0.2) is 0 Å². The molecule has 0 aliphatic heterocycles. The lowest BCUT2D eigenvalue weighted by atomic mass is 9.83. The summed E-state index contributed by atoms with van der Waals surface area (Å²) in [5.74, 6) is 0.296. The molecule has 2 amide bonds. The summed E-state index contributed by atoms with van der Waals surface area (Å²) < 4.78 is 5.74. The third-order valence-corrected chi connectivity index (χ3v) is 5.46. The zero-order chi connectivity index (χ0) is 19.5. The Bertz CT molecular complexity index is 984. The summed E-state index contributed by atoms with van der Waals surface area (Å²) >= 11 is 0. The number of carbonyl (C=O) groups is 2. The van der Waals surface area contributed by atoms with Crippen LogP contribution in [-0.4, -0.2) is 34.9 Å². The van der Waals surface area contributed by atoms with Gasteiger partial charge in [-0.05, 0) is 43.0 Å². The van der Waals surface area contributed by atoms with E-state index in [1.807, 2.05) is 18.3 Å². The average Bonchev–Trinajstić information content (AvgIpc) is 3.40. The Hall–Kier alpha value is -3.09. The monoisotopic (exact) mass is 380 g/mol. The molecule has 28 heavy (non-hydrogen) atoms. The molecule has 4 rings (SSSR count). The minimum Gasteiger partial charge on any atom is -0.449 e. The van der Waals surface area contributed by atoms with Crippen molar-refractivity contribution in [2.24, 2.45) is 5.92 Å². The van der Waals surface area contributed by atoms with Crippen LogP contribution in [0.2, 0.25) is 0 Å². The SMILES string of the molecule is CNC(=O)[C@@H](NC(=O)c1ccc(-c2cc3[nH]ccc3cn2)o1)C1CCCCC1. The van der Waals surface area contributed by atoms with Crippen LogP contribution in [0.15, 0.2) is 41.1 Å². The molecule has 1 fully saturated rings. The Kier molecular flexibility index (Phi) is 5.14. The van der Waals surface area contributed by atoms with Crippen LogP contribution in [0, 0.1) is 5.92 Å². The number of aromatic nitrogens is 2. The Morgan fingerprint density at radius 3 is 2.82 bits per heavy atom. The summed E-state index contributed by atoms with van der Waals surface area (Å²) in [6.07, 6.45) is 8.86. The van der Waals surface area contributed by atoms with E-state index in [9.17, 15) is 9.59 Å². The van der Waals surface area contributed by atoms with Gasteiger partial charge in [0.25, 0.3) is 5.91 Å². The Balaban J connectivity index is 1.51. The van der Waals surface area contributed by atoms with E-state index in [1.54, 1.807) is 25.4 Å². The smallest absolute Gasteiger partial charge is 0.287 e. The van der Waals surface area contributed by atoms with Crippen LogP contribution >= 0.6 is 0 Å². The number of pyridine rings is 1. The van der Waals surface area contributed by atoms with Gasteiger partial charge in [0.2, 0.25) is 5.91 Å². The molecular weight excluding hydrogens is 356 g/mol. The number of hydrogen-bond donors (Lipinski definition) is 3. The Morgan fingerprint density at radius 2 is 2.04 bits per heavy atom. The molecular formula is C21H24N4O3. The molecule has 3 N–H and O–H groups in total. The molecule has 1 saturated carbocycles. The molecule has 7 heteroatoms. The van der Waals surface area contributed by atoms with Gasteiger partial charge in [-0.3, -0.25) is 14.6 Å². The van der Waals surface area contributed by atoms with Gasteiger partial charge in [0, 0.05) is 30.3 Å². The molecule has 1 aliphatic rings. The van der Waals surface area contributed by atoms with Gasteiger partial charge < -0.3 is 20.0 Å². The first-order valence-corrected chi connectivity index (χ1v) is 9.71. The molecule has 0 radical (unpaired) electrons. The molecule has 0 bridgehead atoms. The fourth-order valence-corrected chi connectivity index (χ4v) is 3.91. The zero-order valence-electron chi connectivity index (χ0n) is 15.8. The predicted molar refractivity (Wildman–Crippen MR) is 106 cm³/mol. The number of furan rings is 1. The van der Waals surface area contributed by atoms with Crippen LogP contribution in [0.5, 0.6) is 0 Å². The van der Waals surface area contributed by atoms with E-state index < -0.39 is 6.04 Å². The minimum absolute atomic E-state index is 0.157. The number of nitrogens with zero attached hydrogens (tertiary/aromatic N) is 1. The van der Waals surface area contributed by atoms with Crippen LogP contribution in [0.1, 0.15) is 42.7 Å². The van der Waals surface area contributed by atoms with Crippen molar-refractivity contribution in [3.8, 4) is 11.5 Å². The van der Waals surface area contributed by atoms with Crippen LogP contribution in [0.4, 0.5) is 0 Å². The first kappa shape index (κ1) is 18.3. The molecule has 0 aromatic carbocycles. The Morgan fingerprint density at radius 1 is 1.21 bits per heavy atom. The molecule has 146 valence electrons. The van der Waals surface area contributed by atoms with Gasteiger partial charge >= 0.3 is 0 Å². The van der Waals surface area contributed by atoms with Crippen LogP contribution in [0.3, 0.4) is 0 Å². The van der Waals surface area contributed by atoms with Gasteiger partial charge in [-0.15, -0.1) is 0 Å². The maximum atomic E-state index is 12.7. The maximum absolute atomic E-state index is 12.7. The number of hydrogen-bond acceptors (Lipinski definition) is 4. The highest BCUT2D eigenvalue weighted by molar-refractivity contribution is 5.96. The Labute approximate surface area is 162 Å². The standard InChI is InChI=1S/C21H24N4O3/c1-22-21(27)19(13-5-3-2-4-6-13)25-20(26)18-8-7-17(28-18)16-11-15-14(12-24-16)9-10-23-15/h7-13,19,23H,2-6H2,1H3,(H,22,27)(H,25,26)/t19-/m0/s1. The fraction of sp³-hybridized carbons (Fsp3) is 0.381. The molecule has 1 atom stereocenters. The van der Waals surface area contributed by atoms with Gasteiger partial charge in [-0.2, -0.15) is 0 Å². The summed E-state index contributed by atoms with van der Waals surface area (Å²) in [4.78, 5) is 32.6. The normalized spacial score (nSPS) is 16.0. The van der Waals surface area contributed by atoms with Crippen molar-refractivity contribution in [2.75, 3.05) is 7.05 Å². The first-order chi connectivity index (χ1) is 13.7. The summed E-state index contributed by atoms with van der Waals surface area (Å²) in [6, 6.07) is 6.62. The van der Waals surface area contributed by atoms with E-state index in [2.05, 4.69) is 20.6 Å². The third kappa shape index (κ3) is 3.65. The number of nitrogens with one attached hydrogen (secondary N) is 3. The van der Waals surface area contributed by atoms with Crippen molar-refractivity contribution in [2.45, 2.75) is 38.1 Å². The average molecular weight is 380 g/mol. The van der Waals surface area contributed by atoms with Gasteiger partial charge in [-0.1, -0.05) is 19.3 Å². The van der Waals surface area contributed by atoms with E-state index in [4.69, 9.17) is 4.42 Å². The summed E-state index contributed by atoms with van der Waals surface area (Å²) in [5, 5.41) is 6.55. The van der Waals surface area contributed by atoms with Crippen LogP contribution in [-0.2, 0) is 4.79 Å². The number of likely N-dealkylation sites (N-methyl/N-ethyl adjacent to an activating group) is 1. The van der Waals surface area contributed by atoms with E-state index in [0.29, 0.717) is 11.5 Å². The number of fused-ring (bicyclic) bond motifs is 1. The summed E-state index contributed by atoms with van der Waals surface area (Å²) in [5.41, 5.74) is 1.59. The van der Waals surface area contributed by atoms with E-state index in [0.717, 1.165) is 36.6 Å². The second-order valence-electron chi connectivity index (χ2n) is 7.26. The van der Waals surface area contributed by atoms with Gasteiger partial charge in [0.15, 0.2) is 11.5 Å². The lowest BCUT2D eigenvalue weighted by Crippen LogP contribution is -2.50. The highest BCUT2D eigenvalue weighted by Crippen LogP contribution is 2.27. The second kappa shape index (κ2) is 7.88. The number of rotatable bonds is 5. The molecule has 0 unspecified atom stereocenters. The molecule has 3 aromatic rings. The molecule has 7 nitrogen and oxygen atoms in total. The van der Waals surface area contributed by atoms with Crippen molar-refractivity contribution in [3.05, 3.63) is 42.4 Å². The van der Waals surface area contributed by atoms with Gasteiger partial charge in [0.05, 0.1) is 0 Å². The topological polar surface area (TPSA) is 100 Å². The van der Waals surface area contributed by atoms with E-state index >= 15 is 0 Å². The van der Waals surface area contributed by atoms with Crippen LogP contribution in [0.25, 0.3) is 22.4 Å². The first-order valence-electron chi connectivity index (χ1n) is 9.71. The maximum Gasteiger partial charge on any atom is 0.287 e. The second-order valence-corrected chi connectivity index (χ2v) is 7.26. The summed E-state index contributed by atoms with van der Waals surface area (Å²) in [7, 11) is 1.59. The molecule has 0 spiro atoms. The van der Waals surface area contributed by atoms with E-state index in [1.165, 1.54) is 6.42 Å². The van der Waals surface area contributed by atoms with E-state index in [-0.39, 0.29) is 23.5 Å². The largest absolute Gasteiger partial charge is 0.449 e. The highest BCUT2D eigenvalue weighted by atomic mass is 16.4. The van der Waals surface area contributed by atoms with Crippen LogP contribution < -0.4 is 10.6 Å².